The van der Waals surface area contributed by atoms with Crippen molar-refractivity contribution in [2.24, 2.45) is 0 Å². The van der Waals surface area contributed by atoms with Crippen molar-refractivity contribution in [3.63, 3.8) is 0 Å². The number of carbonyl (C=O) groups is 1. The summed E-state index contributed by atoms with van der Waals surface area (Å²) in [6.45, 7) is 21.1. The predicted molar refractivity (Wildman–Crippen MR) is 167 cm³/mol. The molecule has 2 aromatic rings. The molecular formula is C34H45N2OP. The summed E-state index contributed by atoms with van der Waals surface area (Å²) in [7, 11) is 5.31. The monoisotopic (exact) mass is 528 g/mol. The van der Waals surface area contributed by atoms with Crippen LogP contribution < -0.4 is 0 Å². The number of carbonyl (C=O) groups excluding carboxylic acids is 1. The lowest BCUT2D eigenvalue weighted by Gasteiger charge is -2.42. The smallest absolute Gasteiger partial charge is 0.187 e. The number of piperidine rings is 1. The second-order valence-corrected chi connectivity index (χ2v) is 13.1. The van der Waals surface area contributed by atoms with E-state index in [2.05, 4.69) is 137 Å². The quantitative estimate of drug-likeness (QED) is 0.238. The number of nitrogens with zero attached hydrogens (tertiary/aromatic N) is 2. The summed E-state index contributed by atoms with van der Waals surface area (Å²) in [4.78, 5) is 18.9. The third-order valence-corrected chi connectivity index (χ3v) is 9.93. The predicted octanol–water partition coefficient (Wildman–Crippen LogP) is 7.21. The first-order valence-corrected chi connectivity index (χ1v) is 14.4. The molecule has 0 bridgehead atoms. The second-order valence-electron chi connectivity index (χ2n) is 12.5. The van der Waals surface area contributed by atoms with E-state index in [9.17, 15) is 4.79 Å². The molecule has 2 aromatic carbocycles. The van der Waals surface area contributed by atoms with Crippen molar-refractivity contribution in [2.75, 3.05) is 20.1 Å². The van der Waals surface area contributed by atoms with Gasteiger partial charge in [-0.05, 0) is 120 Å². The molecule has 0 saturated carbocycles. The molecule has 1 fully saturated rings. The molecule has 2 atom stereocenters. The van der Waals surface area contributed by atoms with Gasteiger partial charge in [-0.15, -0.1) is 9.24 Å². The molecule has 4 heteroatoms. The highest BCUT2D eigenvalue weighted by atomic mass is 31.0. The molecule has 4 rings (SSSR count). The van der Waals surface area contributed by atoms with E-state index in [4.69, 9.17) is 0 Å². The molecular weight excluding hydrogens is 483 g/mol. The topological polar surface area (TPSA) is 23.6 Å². The van der Waals surface area contributed by atoms with Crippen LogP contribution in [-0.4, -0.2) is 52.6 Å². The lowest BCUT2D eigenvalue weighted by Crippen LogP contribution is -2.50. The number of likely N-dealkylation sites (tertiary alicyclic amines) is 1. The van der Waals surface area contributed by atoms with E-state index in [1.54, 1.807) is 0 Å². The van der Waals surface area contributed by atoms with E-state index in [1.165, 1.54) is 33.4 Å². The van der Waals surface area contributed by atoms with Gasteiger partial charge in [0.15, 0.2) is 5.78 Å². The first kappa shape index (κ1) is 28.7. The van der Waals surface area contributed by atoms with Crippen LogP contribution in [0.5, 0.6) is 0 Å². The standard InChI is InChI=1S/C34H45N2OP/c1-21-11-13-26(23(3)15-21)16-28-19-36(32(38)30-18-33(6,7)35(10)34(30,8)9)20-29(31(28)37)17-27-14-12-22(2)24(4)25(27)5/h11-18,32H,19-20,38H2,1-10H3/b28-16+,29-17+. The number of hydrogen-bond acceptors (Lipinski definition) is 3. The van der Waals surface area contributed by atoms with Crippen LogP contribution in [0.2, 0.25) is 0 Å². The zero-order chi connectivity index (χ0) is 28.2. The number of hydrogen-bond donors (Lipinski definition) is 0. The van der Waals surface area contributed by atoms with Gasteiger partial charge < -0.3 is 0 Å². The lowest BCUT2D eigenvalue weighted by molar-refractivity contribution is -0.113. The van der Waals surface area contributed by atoms with Gasteiger partial charge in [0.2, 0.25) is 0 Å². The first-order valence-electron chi connectivity index (χ1n) is 13.7. The molecule has 0 N–H and O–H groups in total. The summed E-state index contributed by atoms with van der Waals surface area (Å²) < 4.78 is 0. The Hall–Kier alpha value is -2.32. The fourth-order valence-corrected chi connectivity index (χ4v) is 6.69. The average molecular weight is 529 g/mol. The van der Waals surface area contributed by atoms with Gasteiger partial charge in [-0.1, -0.05) is 42.0 Å². The Morgan fingerprint density at radius 1 is 0.842 bits per heavy atom. The van der Waals surface area contributed by atoms with Crippen LogP contribution in [-0.2, 0) is 4.79 Å². The van der Waals surface area contributed by atoms with Crippen molar-refractivity contribution in [1.82, 2.24) is 9.80 Å². The Morgan fingerprint density at radius 3 is 1.97 bits per heavy atom. The van der Waals surface area contributed by atoms with Crippen molar-refractivity contribution in [3.8, 4) is 0 Å². The molecule has 1 saturated heterocycles. The van der Waals surface area contributed by atoms with Gasteiger partial charge >= 0.3 is 0 Å². The maximum absolute atomic E-state index is 14.0. The molecule has 38 heavy (non-hydrogen) atoms. The molecule has 0 aliphatic carbocycles. The molecule has 0 aromatic heterocycles. The fourth-order valence-electron chi connectivity index (χ4n) is 5.97. The van der Waals surface area contributed by atoms with E-state index in [-0.39, 0.29) is 22.6 Å². The highest BCUT2D eigenvalue weighted by molar-refractivity contribution is 7.18. The Bertz CT molecular complexity index is 1380. The zero-order valence-corrected chi connectivity index (χ0v) is 26.1. The summed E-state index contributed by atoms with van der Waals surface area (Å²) in [6, 6.07) is 10.8. The van der Waals surface area contributed by atoms with Crippen molar-refractivity contribution >= 4 is 27.2 Å². The van der Waals surface area contributed by atoms with E-state index in [0.717, 1.165) is 22.3 Å². The number of likely N-dealkylation sites (N-methyl/N-ethyl adjacent to an activating group) is 1. The van der Waals surface area contributed by atoms with Crippen LogP contribution in [0, 0.1) is 34.6 Å². The van der Waals surface area contributed by atoms with Gasteiger partial charge in [-0.25, -0.2) is 0 Å². The van der Waals surface area contributed by atoms with Gasteiger partial charge in [0, 0.05) is 41.1 Å². The van der Waals surface area contributed by atoms with Crippen molar-refractivity contribution < 1.29 is 4.79 Å². The fraction of sp³-hybridized carbons (Fsp3) is 0.441. The van der Waals surface area contributed by atoms with Crippen molar-refractivity contribution in [3.05, 3.63) is 92.1 Å². The maximum Gasteiger partial charge on any atom is 0.187 e. The van der Waals surface area contributed by atoms with Crippen LogP contribution in [0.4, 0.5) is 0 Å². The molecule has 0 radical (unpaired) electrons. The molecule has 0 spiro atoms. The molecule has 2 aliphatic heterocycles. The average Bonchev–Trinajstić information content (AvgIpc) is 3.01. The summed E-state index contributed by atoms with van der Waals surface area (Å²) in [5.41, 5.74) is 11.5. The Balaban J connectivity index is 1.80. The van der Waals surface area contributed by atoms with Crippen LogP contribution in [0.15, 0.2) is 53.1 Å². The lowest BCUT2D eigenvalue weighted by atomic mass is 9.89. The minimum Gasteiger partial charge on any atom is -0.289 e. The first-order chi connectivity index (χ1) is 17.6. The van der Waals surface area contributed by atoms with Gasteiger partial charge in [0.05, 0.1) is 0 Å². The summed E-state index contributed by atoms with van der Waals surface area (Å²) in [5, 5.41) is 0. The number of ketones is 1. The highest BCUT2D eigenvalue weighted by Gasteiger charge is 2.46. The largest absolute Gasteiger partial charge is 0.289 e. The Kier molecular flexibility index (Phi) is 7.80. The minimum absolute atomic E-state index is 0.0217. The molecule has 2 heterocycles. The van der Waals surface area contributed by atoms with Crippen LogP contribution in [0.1, 0.15) is 66.6 Å². The molecule has 3 nitrogen and oxygen atoms in total. The van der Waals surface area contributed by atoms with E-state index >= 15 is 0 Å². The Morgan fingerprint density at radius 2 is 1.42 bits per heavy atom. The van der Waals surface area contributed by atoms with Crippen molar-refractivity contribution in [2.45, 2.75) is 79.2 Å². The molecule has 2 aliphatic rings. The number of aryl methyl sites for hydroxylation is 3. The van der Waals surface area contributed by atoms with Gasteiger partial charge in [-0.2, -0.15) is 0 Å². The third-order valence-electron chi connectivity index (χ3n) is 9.15. The van der Waals surface area contributed by atoms with Crippen LogP contribution in [0.25, 0.3) is 12.2 Å². The maximum atomic E-state index is 14.0. The van der Waals surface area contributed by atoms with Crippen LogP contribution >= 0.6 is 9.24 Å². The van der Waals surface area contributed by atoms with E-state index in [1.807, 2.05) is 0 Å². The van der Waals surface area contributed by atoms with E-state index in [0.29, 0.717) is 13.1 Å². The number of Topliss-reactive ketones (excluding diaryl/α,β-unsaturated/α-hetero) is 1. The summed E-state index contributed by atoms with van der Waals surface area (Å²) in [5.74, 6) is 0.280. The number of benzene rings is 2. The van der Waals surface area contributed by atoms with Gasteiger partial charge in [0.1, 0.15) is 0 Å². The minimum atomic E-state index is -0.0800. The normalized spacial score (nSPS) is 22.8. The SMILES string of the molecule is Cc1ccc(/C=C2\CN(C(P)C3=CC(C)(C)N(C)C3(C)C)C/C(=C\c3ccc(C)c(C)c3C)C2=O)c(C)c1. The molecule has 2 unspecified atom stereocenters. The molecule has 202 valence electrons. The molecule has 0 amide bonds. The van der Waals surface area contributed by atoms with Crippen LogP contribution in [0.3, 0.4) is 0 Å². The third kappa shape index (κ3) is 5.26. The van der Waals surface area contributed by atoms with Gasteiger partial charge in [0.25, 0.3) is 0 Å². The summed E-state index contributed by atoms with van der Waals surface area (Å²) >= 11 is 0. The van der Waals surface area contributed by atoms with E-state index < -0.39 is 0 Å². The Labute approximate surface area is 232 Å². The van der Waals surface area contributed by atoms with Crippen molar-refractivity contribution in [1.29, 1.82) is 0 Å². The summed E-state index contributed by atoms with van der Waals surface area (Å²) in [6.07, 6.45) is 6.67. The number of rotatable bonds is 4. The highest BCUT2D eigenvalue weighted by Crippen LogP contribution is 2.43. The van der Waals surface area contributed by atoms with Gasteiger partial charge in [-0.3, -0.25) is 14.6 Å². The second kappa shape index (κ2) is 10.3. The zero-order valence-electron chi connectivity index (χ0n) is 25.0.